The van der Waals surface area contributed by atoms with Gasteiger partial charge in [0.2, 0.25) is 0 Å². The van der Waals surface area contributed by atoms with Crippen LogP contribution in [0.25, 0.3) is 0 Å². The fraction of sp³-hybridized carbons (Fsp3) is 0.458. The van der Waals surface area contributed by atoms with Gasteiger partial charge in [-0.25, -0.2) is 0 Å². The normalized spacial score (nSPS) is 13.8. The van der Waals surface area contributed by atoms with Crippen LogP contribution in [0.3, 0.4) is 0 Å². The van der Waals surface area contributed by atoms with E-state index in [0.29, 0.717) is 38.2 Å². The van der Waals surface area contributed by atoms with E-state index in [1.807, 2.05) is 26.0 Å². The standard InChI is InChI=1S/C24H34BN3O6S/c1-18(2)15-28(35(31,32)22-10-6-20(26)7-11-22)16-24(29)23(27-17-25-30)14-19-4-8-21(9-5-19)34-13-12-33-3/h4-11,17-18,23-24,29H,12-16,26H2,1-3H3/b27-17-/t23-,24?/m0/s1. The number of rotatable bonds is 15. The number of aliphatic hydroxyl groups is 1. The minimum atomic E-state index is -3.88. The van der Waals surface area contributed by atoms with Crippen LogP contribution in [0.15, 0.2) is 58.4 Å². The molecule has 11 heteroatoms. The van der Waals surface area contributed by atoms with Crippen molar-refractivity contribution in [2.75, 3.05) is 39.1 Å². The third-order valence-electron chi connectivity index (χ3n) is 5.18. The molecule has 0 fully saturated rings. The van der Waals surface area contributed by atoms with Crippen molar-refractivity contribution in [1.29, 1.82) is 0 Å². The number of nitrogens with two attached hydrogens (primary N) is 1. The molecule has 0 aliphatic carbocycles. The van der Waals surface area contributed by atoms with E-state index < -0.39 is 22.2 Å². The SMILES string of the molecule is COCCOc1ccc(C[C@H](/N=C\B=O)C(O)CN(CC(C)C)S(=O)(=O)c2ccc(N)cc2)cc1. The predicted molar refractivity (Wildman–Crippen MR) is 137 cm³/mol. The Bertz CT molecular complexity index is 1050. The molecule has 0 spiro atoms. The van der Waals surface area contributed by atoms with Gasteiger partial charge in [0.15, 0.2) is 0 Å². The van der Waals surface area contributed by atoms with Crippen LogP contribution in [0.5, 0.6) is 5.75 Å². The second kappa shape index (κ2) is 14.1. The zero-order valence-electron chi connectivity index (χ0n) is 20.4. The van der Waals surface area contributed by atoms with Crippen LogP contribution >= 0.6 is 0 Å². The molecule has 190 valence electrons. The molecule has 3 N–H and O–H groups in total. The average Bonchev–Trinajstić information content (AvgIpc) is 2.82. The minimum absolute atomic E-state index is 0.0216. The molecular formula is C24H34BN3O6S. The summed E-state index contributed by atoms with van der Waals surface area (Å²) < 4.78 is 49.3. The molecule has 0 aliphatic rings. The summed E-state index contributed by atoms with van der Waals surface area (Å²) in [5.41, 5.74) is 7.01. The van der Waals surface area contributed by atoms with Gasteiger partial charge in [-0.2, -0.15) is 0 Å². The van der Waals surface area contributed by atoms with Gasteiger partial charge in [-0.15, -0.1) is 0 Å². The molecular weight excluding hydrogens is 469 g/mol. The number of methoxy groups -OCH3 is 1. The second-order valence-corrected chi connectivity index (χ2v) is 10.5. The van der Waals surface area contributed by atoms with Gasteiger partial charge < -0.3 is 0 Å². The molecule has 0 bridgehead atoms. The number of hydrogen-bond donors (Lipinski definition) is 2. The van der Waals surface area contributed by atoms with E-state index in [9.17, 15) is 18.2 Å². The molecule has 35 heavy (non-hydrogen) atoms. The van der Waals surface area contributed by atoms with Crippen LogP contribution in [0, 0.1) is 5.92 Å². The summed E-state index contributed by atoms with van der Waals surface area (Å²) in [6, 6.07) is 12.5. The number of nitrogen functional groups attached to an aromatic ring is 1. The molecule has 0 amide bonds. The maximum atomic E-state index is 13.3. The Morgan fingerprint density at radius 2 is 1.74 bits per heavy atom. The molecule has 2 aromatic rings. The molecule has 0 radical (unpaired) electrons. The molecule has 9 nitrogen and oxygen atoms in total. The Labute approximate surface area is 208 Å². The number of hydrogen-bond acceptors (Lipinski definition) is 8. The third kappa shape index (κ3) is 9.17. The van der Waals surface area contributed by atoms with E-state index >= 15 is 0 Å². The number of anilines is 1. The van der Waals surface area contributed by atoms with E-state index in [4.69, 9.17) is 15.2 Å². The Hall–Kier alpha value is -2.60. The van der Waals surface area contributed by atoms with Gasteiger partial charge in [-0.1, -0.05) is 0 Å². The van der Waals surface area contributed by atoms with Crippen LogP contribution < -0.4 is 10.5 Å². The van der Waals surface area contributed by atoms with Crippen LogP contribution in [0.4, 0.5) is 5.69 Å². The molecule has 0 saturated carbocycles. The van der Waals surface area contributed by atoms with Gasteiger partial charge >= 0.3 is 201 Å². The number of aliphatic hydroxyl groups excluding tert-OH is 1. The van der Waals surface area contributed by atoms with Crippen LogP contribution in [0.1, 0.15) is 19.4 Å². The first kappa shape index (κ1) is 28.6. The number of aliphatic imine (C=N–C) groups is 1. The van der Waals surface area contributed by atoms with Gasteiger partial charge in [0.05, 0.1) is 0 Å². The number of sulfonamides is 1. The van der Waals surface area contributed by atoms with Crippen molar-refractivity contribution in [2.24, 2.45) is 10.9 Å². The molecule has 2 atom stereocenters. The summed E-state index contributed by atoms with van der Waals surface area (Å²) in [5, 5.41) is 11.0. The molecule has 1 unspecified atom stereocenters. The monoisotopic (exact) mass is 503 g/mol. The molecule has 0 saturated heterocycles. The van der Waals surface area contributed by atoms with E-state index in [0.717, 1.165) is 11.7 Å². The third-order valence-corrected chi connectivity index (χ3v) is 7.03. The first-order valence-corrected chi connectivity index (χ1v) is 12.8. The topological polar surface area (TPSA) is 132 Å². The van der Waals surface area contributed by atoms with Crippen molar-refractivity contribution in [3.8, 4) is 5.75 Å². The van der Waals surface area contributed by atoms with E-state index in [2.05, 4.69) is 4.99 Å². The molecule has 0 heterocycles. The summed E-state index contributed by atoms with van der Waals surface area (Å²) in [4.78, 5) is 4.28. The van der Waals surface area contributed by atoms with Crippen molar-refractivity contribution >= 4 is 29.0 Å². The number of benzene rings is 2. The van der Waals surface area contributed by atoms with Crippen molar-refractivity contribution in [1.82, 2.24) is 4.31 Å². The summed E-state index contributed by atoms with van der Waals surface area (Å²) in [5.74, 6) is 0.699. The molecule has 0 aromatic heterocycles. The second-order valence-electron chi connectivity index (χ2n) is 8.54. The summed E-state index contributed by atoms with van der Waals surface area (Å²) in [7, 11) is -1.75. The van der Waals surface area contributed by atoms with Crippen LogP contribution in [-0.4, -0.2) is 76.7 Å². The Morgan fingerprint density at radius 3 is 2.31 bits per heavy atom. The van der Waals surface area contributed by atoms with Crippen LogP contribution in [-0.2, 0) is 25.9 Å². The van der Waals surface area contributed by atoms with Crippen molar-refractivity contribution in [2.45, 2.75) is 37.3 Å². The summed E-state index contributed by atoms with van der Waals surface area (Å²) >= 11 is 0. The van der Waals surface area contributed by atoms with Crippen molar-refractivity contribution < 1.29 is 27.7 Å². The zero-order valence-corrected chi connectivity index (χ0v) is 21.2. The Morgan fingerprint density at radius 1 is 1.09 bits per heavy atom. The first-order chi connectivity index (χ1) is 16.7. The fourth-order valence-electron chi connectivity index (χ4n) is 3.44. The molecule has 2 rings (SSSR count). The van der Waals surface area contributed by atoms with E-state index in [1.165, 1.54) is 28.6 Å². The average molecular weight is 503 g/mol. The van der Waals surface area contributed by atoms with Gasteiger partial charge in [0.25, 0.3) is 0 Å². The predicted octanol–water partition coefficient (Wildman–Crippen LogP) is 1.99. The quantitative estimate of drug-likeness (QED) is 0.164. The van der Waals surface area contributed by atoms with Crippen LogP contribution in [0.2, 0.25) is 0 Å². The zero-order chi connectivity index (χ0) is 25.8. The van der Waals surface area contributed by atoms with Gasteiger partial charge in [-0.3, -0.25) is 0 Å². The Balaban J connectivity index is 2.21. The first-order valence-electron chi connectivity index (χ1n) is 11.4. The summed E-state index contributed by atoms with van der Waals surface area (Å²) in [6.07, 6.45) is 0.240. The number of nitrogens with zero attached hydrogens (tertiary/aromatic N) is 2. The maximum absolute atomic E-state index is 13.3. The van der Waals surface area contributed by atoms with E-state index in [-0.39, 0.29) is 23.9 Å². The van der Waals surface area contributed by atoms with Crippen molar-refractivity contribution in [3.05, 3.63) is 54.1 Å². The van der Waals surface area contributed by atoms with Crippen molar-refractivity contribution in [3.63, 3.8) is 0 Å². The van der Waals surface area contributed by atoms with Gasteiger partial charge in [-0.05, 0) is 0 Å². The van der Waals surface area contributed by atoms with Gasteiger partial charge in [0, 0.05) is 7.11 Å². The van der Waals surface area contributed by atoms with Gasteiger partial charge in [0.1, 0.15) is 0 Å². The Kier molecular flexibility index (Phi) is 11.5. The summed E-state index contributed by atoms with van der Waals surface area (Å²) in [6.45, 7) is 4.73. The van der Waals surface area contributed by atoms with E-state index in [1.54, 1.807) is 19.2 Å². The molecule has 0 aliphatic heterocycles. The number of ether oxygens (including phenoxy) is 2. The molecule has 2 aromatic carbocycles. The fourth-order valence-corrected chi connectivity index (χ4v) is 5.06.